The van der Waals surface area contributed by atoms with Crippen LogP contribution in [0.3, 0.4) is 0 Å². The van der Waals surface area contributed by atoms with Crippen LogP contribution in [0.25, 0.3) is 10.9 Å². The molecule has 0 radical (unpaired) electrons. The normalized spacial score (nSPS) is 17.4. The molecule has 3 N–H and O–H groups in total. The van der Waals surface area contributed by atoms with Crippen LogP contribution in [0.1, 0.15) is 29.5 Å². The van der Waals surface area contributed by atoms with Gasteiger partial charge in [-0.3, -0.25) is 0 Å². The van der Waals surface area contributed by atoms with E-state index < -0.39 is 11.6 Å². The van der Waals surface area contributed by atoms with Crippen LogP contribution in [-0.4, -0.2) is 96.0 Å². The average molecular weight is 594 g/mol. The van der Waals surface area contributed by atoms with E-state index in [0.717, 1.165) is 103 Å². The molecule has 224 valence electrons. The molecule has 7 rings (SSSR count). The zero-order chi connectivity index (χ0) is 30.4. The van der Waals surface area contributed by atoms with Crippen molar-refractivity contribution in [2.75, 3.05) is 62.0 Å². The molecule has 0 spiro atoms. The summed E-state index contributed by atoms with van der Waals surface area (Å²) < 4.78 is 40.4. The second-order valence-corrected chi connectivity index (χ2v) is 12.2. The minimum atomic E-state index is -0.598. The Morgan fingerprint density at radius 1 is 1.02 bits per heavy atom. The Bertz CT molecular complexity index is 1730. The molecule has 4 aromatic rings. The number of nitrogens with zero attached hydrogens (tertiary/aromatic N) is 3. The summed E-state index contributed by atoms with van der Waals surface area (Å²) in [5.74, 6) is 0.0834. The molecule has 1 aromatic heterocycles. The first-order chi connectivity index (χ1) is 21.3. The predicted molar refractivity (Wildman–Crippen MR) is 179 cm³/mol. The molecule has 2 fully saturated rings. The van der Waals surface area contributed by atoms with Crippen LogP contribution in [0.2, 0.25) is 0 Å². The van der Waals surface area contributed by atoms with Gasteiger partial charge in [0.05, 0.1) is 0 Å². The monoisotopic (exact) mass is 594 g/mol. The molecule has 3 aromatic carbocycles. The zero-order valence-electron chi connectivity index (χ0n) is 25.4. The molecule has 44 heavy (non-hydrogen) atoms. The number of hydrogen-bond acceptors (Lipinski definition) is 7. The van der Waals surface area contributed by atoms with E-state index >= 15 is 0 Å². The molecule has 0 aliphatic carbocycles. The van der Waals surface area contributed by atoms with Crippen molar-refractivity contribution in [3.05, 3.63) is 64.7 Å². The Morgan fingerprint density at radius 2 is 1.77 bits per heavy atom. The van der Waals surface area contributed by atoms with Crippen LogP contribution < -0.4 is 31.1 Å². The molecular formula is C31H35B3F2N6O2. The van der Waals surface area contributed by atoms with Gasteiger partial charge in [0.2, 0.25) is 0 Å². The SMILES string of the molecule is Bc1c(Cc2cc(F)cc(F)c2)c2c3c(n[nH]c3c1B)NC(c1ccc(N3CCN(C)CC3)cc1NC1CCOCC1)=BO2. The quantitative estimate of drug-likeness (QED) is 0.287. The number of benzene rings is 3. The second kappa shape index (κ2) is 11.9. The molecule has 3 aliphatic heterocycles. The number of H-pyrrole nitrogens is 1. The first kappa shape index (κ1) is 28.9. The van der Waals surface area contributed by atoms with Crippen molar-refractivity contribution in [2.45, 2.75) is 25.3 Å². The molecule has 0 bridgehead atoms. The Balaban J connectivity index is 1.28. The van der Waals surface area contributed by atoms with E-state index in [4.69, 9.17) is 9.39 Å². The zero-order valence-corrected chi connectivity index (χ0v) is 25.4. The van der Waals surface area contributed by atoms with Crippen LogP contribution in [-0.2, 0) is 11.2 Å². The van der Waals surface area contributed by atoms with Crippen molar-refractivity contribution in [1.82, 2.24) is 15.1 Å². The van der Waals surface area contributed by atoms with Crippen molar-refractivity contribution in [2.24, 2.45) is 0 Å². The van der Waals surface area contributed by atoms with Gasteiger partial charge in [-0.2, -0.15) is 0 Å². The molecule has 0 atom stereocenters. The summed E-state index contributed by atoms with van der Waals surface area (Å²) in [6.45, 7) is 5.50. The number of ether oxygens (including phenoxy) is 1. The topological polar surface area (TPSA) is 77.7 Å². The van der Waals surface area contributed by atoms with E-state index in [1.807, 2.05) is 15.7 Å². The number of piperazine rings is 1. The predicted octanol–water partition coefficient (Wildman–Crippen LogP) is 0.893. The third kappa shape index (κ3) is 5.59. The summed E-state index contributed by atoms with van der Waals surface area (Å²) in [5.41, 5.74) is 8.24. The van der Waals surface area contributed by atoms with Gasteiger partial charge in [0, 0.05) is 0 Å². The molecule has 0 amide bonds. The van der Waals surface area contributed by atoms with E-state index in [9.17, 15) is 8.78 Å². The van der Waals surface area contributed by atoms with Crippen molar-refractivity contribution >= 4 is 67.4 Å². The maximum absolute atomic E-state index is 14.1. The summed E-state index contributed by atoms with van der Waals surface area (Å²) in [6, 6.07) is 10.5. The van der Waals surface area contributed by atoms with Crippen LogP contribution in [0.15, 0.2) is 36.4 Å². The number of likely N-dealkylation sites (N-methyl/N-ethyl adjacent to an activating group) is 1. The number of nitrogens with one attached hydrogen (secondary N) is 3. The molecule has 3 aliphatic rings. The van der Waals surface area contributed by atoms with Crippen molar-refractivity contribution in [3.8, 4) is 5.75 Å². The summed E-state index contributed by atoms with van der Waals surface area (Å²) in [5, 5.41) is 16.0. The number of anilines is 3. The third-order valence-electron chi connectivity index (χ3n) is 9.25. The van der Waals surface area contributed by atoms with Gasteiger partial charge < -0.3 is 0 Å². The minimum absolute atomic E-state index is 0.301. The molecular weight excluding hydrogens is 559 g/mol. The van der Waals surface area contributed by atoms with Crippen LogP contribution in [0, 0.1) is 11.6 Å². The van der Waals surface area contributed by atoms with Gasteiger partial charge in [-0.1, -0.05) is 0 Å². The third-order valence-corrected chi connectivity index (χ3v) is 9.25. The average Bonchev–Trinajstić information content (AvgIpc) is 3.33. The Kier molecular flexibility index (Phi) is 7.84. The molecule has 8 nitrogen and oxygen atoms in total. The van der Waals surface area contributed by atoms with Gasteiger partial charge in [-0.15, -0.1) is 0 Å². The maximum atomic E-state index is 14.1. The van der Waals surface area contributed by atoms with E-state index in [1.54, 1.807) is 7.12 Å². The first-order valence-corrected chi connectivity index (χ1v) is 15.3. The Morgan fingerprint density at radius 3 is 2.52 bits per heavy atom. The van der Waals surface area contributed by atoms with E-state index in [-0.39, 0.29) is 0 Å². The molecule has 4 heterocycles. The summed E-state index contributed by atoms with van der Waals surface area (Å²) in [7, 11) is 7.94. The number of aromatic amines is 1. The number of halogens is 2. The van der Waals surface area contributed by atoms with Crippen molar-refractivity contribution in [1.29, 1.82) is 0 Å². The van der Waals surface area contributed by atoms with Gasteiger partial charge >= 0.3 is 258 Å². The van der Waals surface area contributed by atoms with Crippen molar-refractivity contribution in [3.63, 3.8) is 0 Å². The standard InChI is InChI=1S/C31H35B3F2N6O2/c1-41-6-8-42(9-7-41)21-2-3-22(24(16-21)37-20-4-10-43-11-5-20)30-34-44-29-23(14-17-12-18(35)15-19(36)13-17)26(32)27(33)28-25(29)31(38-30)40-39-28/h2-3,12-13,15-16,20,37H,4-11,14,32-33H2,1H3,(H2,38,39,40). The van der Waals surface area contributed by atoms with Crippen LogP contribution in [0.5, 0.6) is 5.75 Å². The molecule has 0 unspecified atom stereocenters. The summed E-state index contributed by atoms with van der Waals surface area (Å²) >= 11 is 0. The van der Waals surface area contributed by atoms with E-state index in [0.29, 0.717) is 29.6 Å². The van der Waals surface area contributed by atoms with Gasteiger partial charge in [0.25, 0.3) is 0 Å². The van der Waals surface area contributed by atoms with Crippen LogP contribution >= 0.6 is 0 Å². The summed E-state index contributed by atoms with van der Waals surface area (Å²) in [4.78, 5) is 4.79. The van der Waals surface area contributed by atoms with Gasteiger partial charge in [-0.25, -0.2) is 0 Å². The van der Waals surface area contributed by atoms with E-state index in [1.165, 1.54) is 17.8 Å². The molecule has 0 saturated carbocycles. The number of aromatic nitrogens is 2. The first-order valence-electron chi connectivity index (χ1n) is 15.3. The van der Waals surface area contributed by atoms with Gasteiger partial charge in [0.15, 0.2) is 0 Å². The Hall–Kier alpha value is -3.83. The van der Waals surface area contributed by atoms with Crippen molar-refractivity contribution < 1.29 is 18.2 Å². The number of rotatable bonds is 6. The number of hydrogen-bond donors (Lipinski definition) is 3. The molecule has 13 heteroatoms. The van der Waals surface area contributed by atoms with Gasteiger partial charge in [0.1, 0.15) is 0 Å². The van der Waals surface area contributed by atoms with E-state index in [2.05, 4.69) is 55.9 Å². The van der Waals surface area contributed by atoms with Gasteiger partial charge in [-0.05, 0) is 0 Å². The second-order valence-electron chi connectivity index (χ2n) is 12.2. The summed E-state index contributed by atoms with van der Waals surface area (Å²) in [6.07, 6.45) is 2.20. The Labute approximate surface area is 258 Å². The van der Waals surface area contributed by atoms with Crippen LogP contribution in [0.4, 0.5) is 26.0 Å². The fourth-order valence-electron chi connectivity index (χ4n) is 6.54. The fraction of sp³-hybridized carbons (Fsp3) is 0.355. The fourth-order valence-corrected chi connectivity index (χ4v) is 6.54. The molecule has 2 saturated heterocycles.